The maximum Gasteiger partial charge on any atom is 0.417 e. The average molecular weight is 495 g/mol. The van der Waals surface area contributed by atoms with Gasteiger partial charge in [0.2, 0.25) is 0 Å². The molecular weight excluding hydrogens is 480 g/mol. The predicted molar refractivity (Wildman–Crippen MR) is 104 cm³/mol. The summed E-state index contributed by atoms with van der Waals surface area (Å²) in [5.74, 6) is 0.0716. The normalized spacial score (nSPS) is 12.0. The Kier molecular flexibility index (Phi) is 8.23. The Labute approximate surface area is 176 Å². The average Bonchev–Trinajstić information content (AvgIpc) is 2.48. The number of rotatable bonds is 4. The van der Waals surface area contributed by atoms with E-state index in [-0.39, 0.29) is 21.5 Å². The molecule has 6 nitrogen and oxygen atoms in total. The van der Waals surface area contributed by atoms with Crippen molar-refractivity contribution >= 4 is 43.4 Å². The Hall–Kier alpha value is -1.69. The number of halogens is 5. The fraction of sp³-hybridized carbons (Fsp3) is 0.250. The van der Waals surface area contributed by atoms with Gasteiger partial charge in [-0.05, 0) is 37.3 Å². The molecule has 0 bridgehead atoms. The van der Waals surface area contributed by atoms with Crippen molar-refractivity contribution in [2.75, 3.05) is 12.5 Å². The van der Waals surface area contributed by atoms with Gasteiger partial charge in [0.05, 0.1) is 23.1 Å². The minimum absolute atomic E-state index is 0.0358. The van der Waals surface area contributed by atoms with Crippen molar-refractivity contribution in [3.05, 3.63) is 57.6 Å². The van der Waals surface area contributed by atoms with Crippen molar-refractivity contribution in [1.29, 1.82) is 0 Å². The van der Waals surface area contributed by atoms with E-state index in [1.54, 1.807) is 0 Å². The van der Waals surface area contributed by atoms with Gasteiger partial charge < -0.3 is 8.37 Å². The minimum Gasteiger partial charge on any atom is -0.382 e. The maximum absolute atomic E-state index is 12.1. The van der Waals surface area contributed by atoms with Crippen LogP contribution < -0.4 is 8.37 Å². The number of hydrogen-bond acceptors (Lipinski definition) is 6. The van der Waals surface area contributed by atoms with Crippen LogP contribution >= 0.6 is 23.2 Å². The van der Waals surface area contributed by atoms with E-state index < -0.39 is 32.0 Å². The van der Waals surface area contributed by atoms with Crippen LogP contribution in [-0.2, 0) is 26.4 Å². The van der Waals surface area contributed by atoms with Gasteiger partial charge in [0.25, 0.3) is 0 Å². The highest BCUT2D eigenvalue weighted by atomic mass is 35.5. The molecule has 2 aromatic rings. The summed E-state index contributed by atoms with van der Waals surface area (Å²) in [7, 11) is -7.33. The molecule has 0 radical (unpaired) electrons. The summed E-state index contributed by atoms with van der Waals surface area (Å²) in [5.41, 5.74) is -0.572. The third kappa shape index (κ3) is 9.11. The molecule has 0 fully saturated rings. The van der Waals surface area contributed by atoms with Gasteiger partial charge in [0.1, 0.15) is 11.5 Å². The van der Waals surface area contributed by atoms with Crippen molar-refractivity contribution < 1.29 is 38.4 Å². The van der Waals surface area contributed by atoms with Crippen LogP contribution in [0.15, 0.2) is 36.4 Å². The van der Waals surface area contributed by atoms with Crippen LogP contribution in [0, 0.1) is 6.92 Å². The molecule has 0 saturated carbocycles. The van der Waals surface area contributed by atoms with E-state index in [0.717, 1.165) is 30.7 Å². The number of hydrogen-bond donors (Lipinski definition) is 0. The summed E-state index contributed by atoms with van der Waals surface area (Å²) in [5, 5.41) is -0.192. The molecule has 0 aliphatic rings. The lowest BCUT2D eigenvalue weighted by molar-refractivity contribution is -0.137. The topological polar surface area (TPSA) is 86.7 Å². The van der Waals surface area contributed by atoms with Gasteiger partial charge in [0, 0.05) is 10.6 Å². The fourth-order valence-corrected chi connectivity index (χ4v) is 3.35. The first kappa shape index (κ1) is 25.3. The van der Waals surface area contributed by atoms with E-state index in [1.165, 1.54) is 25.1 Å². The zero-order valence-electron chi connectivity index (χ0n) is 15.1. The summed E-state index contributed by atoms with van der Waals surface area (Å²) in [6.07, 6.45) is -2.62. The van der Waals surface area contributed by atoms with Crippen molar-refractivity contribution in [2.24, 2.45) is 0 Å². The van der Waals surface area contributed by atoms with Crippen LogP contribution in [0.3, 0.4) is 0 Å². The lowest BCUT2D eigenvalue weighted by Gasteiger charge is -2.10. The predicted octanol–water partition coefficient (Wildman–Crippen LogP) is 4.68. The second-order valence-corrected chi connectivity index (χ2v) is 9.57. The Morgan fingerprint density at radius 1 is 0.862 bits per heavy atom. The molecule has 2 rings (SSSR count). The van der Waals surface area contributed by atoms with Gasteiger partial charge in [-0.25, -0.2) is 0 Å². The fourth-order valence-electron chi connectivity index (χ4n) is 1.82. The molecule has 0 atom stereocenters. The molecule has 0 aliphatic heterocycles. The van der Waals surface area contributed by atoms with Gasteiger partial charge in [0.15, 0.2) is 0 Å². The summed E-state index contributed by atoms with van der Waals surface area (Å²) >= 11 is 10.7. The van der Waals surface area contributed by atoms with Gasteiger partial charge in [-0.2, -0.15) is 30.0 Å². The van der Waals surface area contributed by atoms with Crippen molar-refractivity contribution in [2.45, 2.75) is 13.1 Å². The standard InChI is InChI=1S/C9H12O6S2.C7H3Cl2F3/c1-7-8(14-16(2,10)11)5-4-6-9(7)15-17(3,12)13;8-4-1-2-5(6(9)3-4)7(10,11)12/h4-6H,1-3H3;1-3H. The monoisotopic (exact) mass is 494 g/mol. The Balaban J connectivity index is 0.000000308. The van der Waals surface area contributed by atoms with E-state index in [0.29, 0.717) is 5.56 Å². The Morgan fingerprint density at radius 3 is 1.66 bits per heavy atom. The number of benzene rings is 2. The van der Waals surface area contributed by atoms with Gasteiger partial charge in [-0.1, -0.05) is 29.3 Å². The van der Waals surface area contributed by atoms with Crippen LogP contribution in [0.25, 0.3) is 0 Å². The molecule has 29 heavy (non-hydrogen) atoms. The summed E-state index contributed by atoms with van der Waals surface area (Å²) in [6.45, 7) is 1.50. The molecular formula is C16H15Cl2F3O6S2. The quantitative estimate of drug-likeness (QED) is 0.573. The lowest BCUT2D eigenvalue weighted by atomic mass is 10.2. The zero-order valence-corrected chi connectivity index (χ0v) is 18.3. The van der Waals surface area contributed by atoms with Crippen LogP contribution in [0.5, 0.6) is 11.5 Å². The smallest absolute Gasteiger partial charge is 0.382 e. The molecule has 0 saturated heterocycles. The second-order valence-electron chi connectivity index (χ2n) is 5.58. The van der Waals surface area contributed by atoms with Gasteiger partial charge in [-0.3, -0.25) is 0 Å². The van der Waals surface area contributed by atoms with E-state index in [4.69, 9.17) is 23.2 Å². The molecule has 13 heteroatoms. The third-order valence-electron chi connectivity index (χ3n) is 2.95. The lowest BCUT2D eigenvalue weighted by Crippen LogP contribution is -2.09. The Bertz CT molecular complexity index is 1030. The van der Waals surface area contributed by atoms with Crippen molar-refractivity contribution in [3.8, 4) is 11.5 Å². The summed E-state index contributed by atoms with van der Waals surface area (Å²) < 4.78 is 89.4. The zero-order chi connectivity index (χ0) is 22.6. The molecule has 0 aliphatic carbocycles. The molecule has 2 aromatic carbocycles. The van der Waals surface area contributed by atoms with Crippen LogP contribution in [-0.4, -0.2) is 29.3 Å². The maximum atomic E-state index is 12.1. The second kappa shape index (κ2) is 9.41. The van der Waals surface area contributed by atoms with Crippen molar-refractivity contribution in [1.82, 2.24) is 0 Å². The third-order valence-corrected chi connectivity index (χ3v) is 4.47. The van der Waals surface area contributed by atoms with E-state index in [9.17, 15) is 30.0 Å². The van der Waals surface area contributed by atoms with Gasteiger partial charge in [-0.15, -0.1) is 0 Å². The molecule has 0 N–H and O–H groups in total. The first-order chi connectivity index (χ1) is 13.0. The van der Waals surface area contributed by atoms with Crippen LogP contribution in [0.2, 0.25) is 10.0 Å². The molecule has 162 valence electrons. The van der Waals surface area contributed by atoms with Crippen LogP contribution in [0.1, 0.15) is 11.1 Å². The molecule has 0 aromatic heterocycles. The van der Waals surface area contributed by atoms with Gasteiger partial charge >= 0.3 is 26.4 Å². The highest BCUT2D eigenvalue weighted by molar-refractivity contribution is 7.86. The van der Waals surface area contributed by atoms with Crippen LogP contribution in [0.4, 0.5) is 13.2 Å². The van der Waals surface area contributed by atoms with E-state index in [2.05, 4.69) is 8.37 Å². The molecule has 0 unspecified atom stereocenters. The highest BCUT2D eigenvalue weighted by Gasteiger charge is 2.32. The highest BCUT2D eigenvalue weighted by Crippen LogP contribution is 2.35. The summed E-state index contributed by atoms with van der Waals surface area (Å²) in [6, 6.07) is 7.32. The number of alkyl halides is 3. The van der Waals surface area contributed by atoms with Crippen molar-refractivity contribution in [3.63, 3.8) is 0 Å². The first-order valence-corrected chi connectivity index (χ1v) is 11.8. The van der Waals surface area contributed by atoms with E-state index in [1.807, 2.05) is 0 Å². The molecule has 0 amide bonds. The minimum atomic E-state index is -4.42. The molecule has 0 heterocycles. The first-order valence-electron chi connectivity index (χ1n) is 7.40. The SMILES string of the molecule is Cc1c(OS(C)(=O)=O)cccc1OS(C)(=O)=O.FC(F)(F)c1ccc(Cl)cc1Cl. The van der Waals surface area contributed by atoms with E-state index >= 15 is 0 Å². The summed E-state index contributed by atoms with van der Waals surface area (Å²) in [4.78, 5) is 0. The molecule has 0 spiro atoms. The largest absolute Gasteiger partial charge is 0.417 e. The Morgan fingerprint density at radius 2 is 1.31 bits per heavy atom.